The van der Waals surface area contributed by atoms with E-state index in [1.807, 2.05) is 35.9 Å². The van der Waals surface area contributed by atoms with Crippen molar-refractivity contribution in [2.45, 2.75) is 19.9 Å². The minimum absolute atomic E-state index is 0.118. The van der Waals surface area contributed by atoms with Crippen LogP contribution in [0.2, 0.25) is 5.02 Å². The van der Waals surface area contributed by atoms with Gasteiger partial charge in [0.15, 0.2) is 5.78 Å². The van der Waals surface area contributed by atoms with Crippen LogP contribution >= 0.6 is 11.6 Å². The quantitative estimate of drug-likeness (QED) is 0.692. The van der Waals surface area contributed by atoms with Crippen molar-refractivity contribution in [2.75, 3.05) is 0 Å². The number of rotatable bonds is 4. The zero-order valence-electron chi connectivity index (χ0n) is 11.6. The number of carbonyl (C=O) groups is 1. The summed E-state index contributed by atoms with van der Waals surface area (Å²) >= 11 is 6.03. The Labute approximate surface area is 127 Å². The number of Topliss-reactive ketones (excluding diaryl/α,β-unsaturated/α-hetero) is 1. The van der Waals surface area contributed by atoms with Crippen molar-refractivity contribution in [3.8, 4) is 0 Å². The zero-order valence-corrected chi connectivity index (χ0v) is 12.3. The molecule has 5 heteroatoms. The molecule has 0 aliphatic heterocycles. The second kappa shape index (κ2) is 5.66. The van der Waals surface area contributed by atoms with Gasteiger partial charge in [0.2, 0.25) is 0 Å². The molecular weight excluding hydrogens is 286 g/mol. The molecule has 2 heterocycles. The monoisotopic (exact) mass is 299 g/mol. The van der Waals surface area contributed by atoms with Crippen LogP contribution in [0.15, 0.2) is 42.6 Å². The molecular formula is C16H14ClN3O. The van der Waals surface area contributed by atoms with Gasteiger partial charge in [-0.05, 0) is 25.1 Å². The first-order chi connectivity index (χ1) is 10.2. The molecule has 0 aliphatic rings. The van der Waals surface area contributed by atoms with Crippen molar-refractivity contribution >= 4 is 28.3 Å². The normalized spacial score (nSPS) is 11.0. The van der Waals surface area contributed by atoms with E-state index in [-0.39, 0.29) is 12.2 Å². The van der Waals surface area contributed by atoms with E-state index in [2.05, 4.69) is 10.1 Å². The van der Waals surface area contributed by atoms with Crippen molar-refractivity contribution < 1.29 is 4.79 Å². The van der Waals surface area contributed by atoms with Crippen LogP contribution in [-0.4, -0.2) is 20.5 Å². The summed E-state index contributed by atoms with van der Waals surface area (Å²) in [6.45, 7) is 2.79. The third-order valence-electron chi connectivity index (χ3n) is 3.38. The smallest absolute Gasteiger partial charge is 0.188 e. The number of para-hydroxylation sites is 1. The summed E-state index contributed by atoms with van der Waals surface area (Å²) in [7, 11) is 0. The van der Waals surface area contributed by atoms with Crippen LogP contribution in [0.5, 0.6) is 0 Å². The number of aryl methyl sites for hydroxylation is 1. The molecule has 0 amide bonds. The van der Waals surface area contributed by atoms with Gasteiger partial charge in [-0.15, -0.1) is 0 Å². The highest BCUT2D eigenvalue weighted by Gasteiger charge is 2.17. The molecule has 0 bridgehead atoms. The standard InChI is InChI=1S/C16H14ClN3O/c1-2-20-14-8-4-3-6-11(14)13(19-20)10-15(21)16-12(17)7-5-9-18-16/h3-9H,2,10H2,1H3. The molecule has 4 nitrogen and oxygen atoms in total. The minimum Gasteiger partial charge on any atom is -0.292 e. The summed E-state index contributed by atoms with van der Waals surface area (Å²) in [4.78, 5) is 16.4. The van der Waals surface area contributed by atoms with E-state index in [0.717, 1.165) is 23.1 Å². The molecule has 3 aromatic rings. The van der Waals surface area contributed by atoms with Crippen molar-refractivity contribution in [1.82, 2.24) is 14.8 Å². The van der Waals surface area contributed by atoms with Crippen molar-refractivity contribution in [3.05, 3.63) is 59.0 Å². The number of hydrogen-bond acceptors (Lipinski definition) is 3. The fraction of sp³-hybridized carbons (Fsp3) is 0.188. The number of nitrogens with zero attached hydrogens (tertiary/aromatic N) is 3. The Bertz CT molecular complexity index is 810. The summed E-state index contributed by atoms with van der Waals surface area (Å²) in [5.74, 6) is -0.118. The van der Waals surface area contributed by atoms with Gasteiger partial charge in [0.25, 0.3) is 0 Å². The lowest BCUT2D eigenvalue weighted by atomic mass is 10.1. The van der Waals surface area contributed by atoms with Crippen LogP contribution < -0.4 is 0 Å². The van der Waals surface area contributed by atoms with Crippen molar-refractivity contribution in [3.63, 3.8) is 0 Å². The molecule has 0 unspecified atom stereocenters. The molecule has 0 N–H and O–H groups in total. The molecule has 106 valence electrons. The van der Waals surface area contributed by atoms with Gasteiger partial charge in [0, 0.05) is 18.1 Å². The number of hydrogen-bond donors (Lipinski definition) is 0. The van der Waals surface area contributed by atoms with Crippen LogP contribution in [0.25, 0.3) is 10.9 Å². The summed E-state index contributed by atoms with van der Waals surface area (Å²) in [6.07, 6.45) is 1.77. The number of fused-ring (bicyclic) bond motifs is 1. The van der Waals surface area contributed by atoms with Crippen LogP contribution in [0.1, 0.15) is 23.1 Å². The number of pyridine rings is 1. The van der Waals surface area contributed by atoms with Gasteiger partial charge < -0.3 is 0 Å². The molecule has 0 saturated heterocycles. The van der Waals surface area contributed by atoms with E-state index in [4.69, 9.17) is 11.6 Å². The molecule has 0 radical (unpaired) electrons. The Balaban J connectivity index is 1.99. The zero-order chi connectivity index (χ0) is 14.8. The number of aromatic nitrogens is 3. The third-order valence-corrected chi connectivity index (χ3v) is 3.69. The van der Waals surface area contributed by atoms with Crippen molar-refractivity contribution in [2.24, 2.45) is 0 Å². The fourth-order valence-electron chi connectivity index (χ4n) is 2.39. The summed E-state index contributed by atoms with van der Waals surface area (Å²) in [6, 6.07) is 11.3. The maximum absolute atomic E-state index is 12.4. The SMILES string of the molecule is CCn1nc(CC(=O)c2ncccc2Cl)c2ccccc21. The second-order valence-electron chi connectivity index (χ2n) is 4.71. The van der Waals surface area contributed by atoms with Crippen molar-refractivity contribution in [1.29, 1.82) is 0 Å². The second-order valence-corrected chi connectivity index (χ2v) is 5.12. The predicted molar refractivity (Wildman–Crippen MR) is 82.7 cm³/mol. The number of ketones is 1. The Morgan fingerprint density at radius 1 is 1.24 bits per heavy atom. The highest BCUT2D eigenvalue weighted by molar-refractivity contribution is 6.33. The van der Waals surface area contributed by atoms with E-state index in [1.165, 1.54) is 0 Å². The van der Waals surface area contributed by atoms with Gasteiger partial charge in [-0.1, -0.05) is 29.8 Å². The van der Waals surface area contributed by atoms with Gasteiger partial charge in [0.05, 0.1) is 22.7 Å². The lowest BCUT2D eigenvalue weighted by Crippen LogP contribution is -2.08. The average Bonchev–Trinajstić information content (AvgIpc) is 2.86. The van der Waals surface area contributed by atoms with E-state index < -0.39 is 0 Å². The molecule has 2 aromatic heterocycles. The Hall–Kier alpha value is -2.20. The number of benzene rings is 1. The summed E-state index contributed by atoms with van der Waals surface area (Å²) in [5, 5.41) is 5.90. The first-order valence-corrected chi connectivity index (χ1v) is 7.16. The summed E-state index contributed by atoms with van der Waals surface area (Å²) in [5.41, 5.74) is 2.10. The topological polar surface area (TPSA) is 47.8 Å². The maximum atomic E-state index is 12.4. The molecule has 0 atom stereocenters. The van der Waals surface area contributed by atoms with E-state index >= 15 is 0 Å². The van der Waals surface area contributed by atoms with Crippen LogP contribution in [-0.2, 0) is 13.0 Å². The summed E-state index contributed by atoms with van der Waals surface area (Å²) < 4.78 is 1.90. The Kier molecular flexibility index (Phi) is 3.71. The fourth-order valence-corrected chi connectivity index (χ4v) is 2.62. The highest BCUT2D eigenvalue weighted by Crippen LogP contribution is 2.21. The first kappa shape index (κ1) is 13.8. The lowest BCUT2D eigenvalue weighted by molar-refractivity contribution is 0.0987. The predicted octanol–water partition coefficient (Wildman–Crippen LogP) is 3.53. The largest absolute Gasteiger partial charge is 0.292 e. The van der Waals surface area contributed by atoms with Gasteiger partial charge in [-0.2, -0.15) is 5.10 Å². The molecule has 0 aliphatic carbocycles. The Morgan fingerprint density at radius 3 is 2.81 bits per heavy atom. The number of halogens is 1. The molecule has 0 saturated carbocycles. The van der Waals surface area contributed by atoms with Gasteiger partial charge in [0.1, 0.15) is 5.69 Å². The molecule has 0 spiro atoms. The highest BCUT2D eigenvalue weighted by atomic mass is 35.5. The maximum Gasteiger partial charge on any atom is 0.188 e. The van der Waals surface area contributed by atoms with E-state index in [9.17, 15) is 4.79 Å². The van der Waals surface area contributed by atoms with E-state index in [1.54, 1.807) is 18.3 Å². The molecule has 0 fully saturated rings. The van der Waals surface area contributed by atoms with E-state index in [0.29, 0.717) is 10.7 Å². The Morgan fingerprint density at radius 2 is 2.05 bits per heavy atom. The molecule has 21 heavy (non-hydrogen) atoms. The lowest BCUT2D eigenvalue weighted by Gasteiger charge is -2.00. The first-order valence-electron chi connectivity index (χ1n) is 6.79. The molecule has 3 rings (SSSR count). The van der Waals surface area contributed by atoms with Gasteiger partial charge in [-0.3, -0.25) is 14.5 Å². The third kappa shape index (κ3) is 2.54. The van der Waals surface area contributed by atoms with Crippen LogP contribution in [0.3, 0.4) is 0 Å². The van der Waals surface area contributed by atoms with Gasteiger partial charge in [-0.25, -0.2) is 0 Å². The van der Waals surface area contributed by atoms with Gasteiger partial charge >= 0.3 is 0 Å². The number of carbonyl (C=O) groups excluding carboxylic acids is 1. The van der Waals surface area contributed by atoms with Crippen LogP contribution in [0, 0.1) is 0 Å². The van der Waals surface area contributed by atoms with Crippen LogP contribution in [0.4, 0.5) is 0 Å². The minimum atomic E-state index is -0.118. The molecule has 1 aromatic carbocycles. The average molecular weight is 300 g/mol.